The molecular weight excluding hydrogens is 274 g/mol. The summed E-state index contributed by atoms with van der Waals surface area (Å²) in [6.07, 6.45) is 8.84. The lowest BCUT2D eigenvalue weighted by Gasteiger charge is -2.23. The molecule has 0 N–H and O–H groups in total. The van der Waals surface area contributed by atoms with Gasteiger partial charge in [-0.15, -0.1) is 0 Å². The number of hydrogen-bond donors (Lipinski definition) is 0. The molecule has 1 saturated carbocycles. The third-order valence-corrected chi connectivity index (χ3v) is 4.99. The van der Waals surface area contributed by atoms with Crippen LogP contribution < -0.4 is 0 Å². The monoisotopic (exact) mass is 301 g/mol. The standard InChI is InChI=1S/C18H27N3O/c22-18(14-16-6-1-2-7-16)21-11-5-10-20(12-13-21)15-17-8-3-4-9-19-17/h3-4,8-9,16H,1-2,5-7,10-15H2. The molecule has 0 unspecified atom stereocenters. The normalized spacial score (nSPS) is 21.0. The molecule has 1 saturated heterocycles. The lowest BCUT2D eigenvalue weighted by atomic mass is 10.0. The van der Waals surface area contributed by atoms with Crippen LogP contribution in [0.1, 0.15) is 44.2 Å². The summed E-state index contributed by atoms with van der Waals surface area (Å²) in [5.74, 6) is 1.03. The lowest BCUT2D eigenvalue weighted by molar-refractivity contribution is -0.132. The number of amides is 1. The van der Waals surface area contributed by atoms with Crippen LogP contribution in [0.4, 0.5) is 0 Å². The van der Waals surface area contributed by atoms with E-state index in [9.17, 15) is 4.79 Å². The zero-order valence-corrected chi connectivity index (χ0v) is 13.4. The summed E-state index contributed by atoms with van der Waals surface area (Å²) in [7, 11) is 0. The summed E-state index contributed by atoms with van der Waals surface area (Å²) in [5, 5.41) is 0. The molecule has 1 aromatic heterocycles. The van der Waals surface area contributed by atoms with Crippen LogP contribution in [0.3, 0.4) is 0 Å². The molecule has 22 heavy (non-hydrogen) atoms. The van der Waals surface area contributed by atoms with Crippen molar-refractivity contribution >= 4 is 5.91 Å². The van der Waals surface area contributed by atoms with E-state index in [4.69, 9.17) is 0 Å². The number of pyridine rings is 1. The van der Waals surface area contributed by atoms with E-state index < -0.39 is 0 Å². The van der Waals surface area contributed by atoms with Crippen LogP contribution in [0.5, 0.6) is 0 Å². The van der Waals surface area contributed by atoms with E-state index in [0.29, 0.717) is 11.8 Å². The van der Waals surface area contributed by atoms with Gasteiger partial charge in [0.25, 0.3) is 0 Å². The van der Waals surface area contributed by atoms with Gasteiger partial charge in [0.2, 0.25) is 5.91 Å². The zero-order chi connectivity index (χ0) is 15.2. The lowest BCUT2D eigenvalue weighted by Crippen LogP contribution is -2.35. The van der Waals surface area contributed by atoms with Crippen molar-refractivity contribution in [2.75, 3.05) is 26.2 Å². The highest BCUT2D eigenvalue weighted by molar-refractivity contribution is 5.76. The summed E-state index contributed by atoms with van der Waals surface area (Å²) in [5.41, 5.74) is 1.12. The largest absolute Gasteiger partial charge is 0.341 e. The summed E-state index contributed by atoms with van der Waals surface area (Å²) in [6.45, 7) is 4.71. The molecule has 4 nitrogen and oxygen atoms in total. The second kappa shape index (κ2) is 7.73. The van der Waals surface area contributed by atoms with Crippen molar-refractivity contribution in [2.45, 2.75) is 45.1 Å². The molecule has 2 aliphatic rings. The van der Waals surface area contributed by atoms with Gasteiger partial charge in [-0.1, -0.05) is 18.9 Å². The Morgan fingerprint density at radius 3 is 2.73 bits per heavy atom. The number of hydrogen-bond acceptors (Lipinski definition) is 3. The third kappa shape index (κ3) is 4.29. The second-order valence-electron chi connectivity index (χ2n) is 6.69. The van der Waals surface area contributed by atoms with Crippen molar-refractivity contribution in [3.63, 3.8) is 0 Å². The third-order valence-electron chi connectivity index (χ3n) is 4.99. The van der Waals surface area contributed by atoms with E-state index in [-0.39, 0.29) is 0 Å². The first-order valence-corrected chi connectivity index (χ1v) is 8.71. The van der Waals surface area contributed by atoms with E-state index in [0.717, 1.165) is 51.3 Å². The van der Waals surface area contributed by atoms with Crippen molar-refractivity contribution in [3.8, 4) is 0 Å². The molecule has 3 rings (SSSR count). The maximum atomic E-state index is 12.5. The van der Waals surface area contributed by atoms with Crippen molar-refractivity contribution in [1.29, 1.82) is 0 Å². The Hall–Kier alpha value is -1.42. The first-order chi connectivity index (χ1) is 10.8. The van der Waals surface area contributed by atoms with Crippen LogP contribution in [0, 0.1) is 5.92 Å². The average molecular weight is 301 g/mol. The molecule has 1 amide bonds. The molecule has 0 aromatic carbocycles. The van der Waals surface area contributed by atoms with Crippen LogP contribution in [0.2, 0.25) is 0 Å². The van der Waals surface area contributed by atoms with Gasteiger partial charge in [-0.05, 0) is 37.3 Å². The smallest absolute Gasteiger partial charge is 0.222 e. The van der Waals surface area contributed by atoms with Gasteiger partial charge in [0.05, 0.1) is 5.69 Å². The summed E-state index contributed by atoms with van der Waals surface area (Å²) >= 11 is 0. The van der Waals surface area contributed by atoms with Crippen LogP contribution in [-0.2, 0) is 11.3 Å². The molecule has 0 bridgehead atoms. The molecule has 0 atom stereocenters. The quantitative estimate of drug-likeness (QED) is 0.858. The molecule has 1 aliphatic carbocycles. The minimum absolute atomic E-state index is 0.381. The number of carbonyl (C=O) groups excluding carboxylic acids is 1. The molecule has 120 valence electrons. The number of nitrogens with zero attached hydrogens (tertiary/aromatic N) is 3. The van der Waals surface area contributed by atoms with E-state index in [1.165, 1.54) is 25.7 Å². The van der Waals surface area contributed by atoms with Crippen molar-refractivity contribution < 1.29 is 4.79 Å². The molecule has 2 heterocycles. The van der Waals surface area contributed by atoms with Gasteiger partial charge in [-0.3, -0.25) is 14.7 Å². The molecule has 2 fully saturated rings. The fourth-order valence-electron chi connectivity index (χ4n) is 3.69. The van der Waals surface area contributed by atoms with E-state index in [1.807, 2.05) is 18.3 Å². The van der Waals surface area contributed by atoms with Crippen LogP contribution in [-0.4, -0.2) is 46.9 Å². The highest BCUT2D eigenvalue weighted by Crippen LogP contribution is 2.28. The topological polar surface area (TPSA) is 36.4 Å². The Labute approximate surface area is 133 Å². The minimum Gasteiger partial charge on any atom is -0.341 e. The van der Waals surface area contributed by atoms with E-state index in [1.54, 1.807) is 0 Å². The van der Waals surface area contributed by atoms with Crippen molar-refractivity contribution in [3.05, 3.63) is 30.1 Å². The number of carbonyl (C=O) groups is 1. The summed E-state index contributed by atoms with van der Waals surface area (Å²) in [4.78, 5) is 21.4. The fourth-order valence-corrected chi connectivity index (χ4v) is 3.69. The molecule has 0 radical (unpaired) electrons. The van der Waals surface area contributed by atoms with E-state index >= 15 is 0 Å². The molecule has 4 heteroatoms. The second-order valence-corrected chi connectivity index (χ2v) is 6.69. The van der Waals surface area contributed by atoms with Crippen LogP contribution in [0.25, 0.3) is 0 Å². The Balaban J connectivity index is 1.47. The van der Waals surface area contributed by atoms with Crippen molar-refractivity contribution in [1.82, 2.24) is 14.8 Å². The Morgan fingerprint density at radius 1 is 1.09 bits per heavy atom. The minimum atomic E-state index is 0.381. The summed E-state index contributed by atoms with van der Waals surface area (Å²) < 4.78 is 0. The Morgan fingerprint density at radius 2 is 1.95 bits per heavy atom. The molecule has 1 aromatic rings. The first kappa shape index (κ1) is 15.5. The molecule has 1 aliphatic heterocycles. The number of rotatable bonds is 4. The van der Waals surface area contributed by atoms with Crippen LogP contribution >= 0.6 is 0 Å². The predicted molar refractivity (Wildman–Crippen MR) is 87.3 cm³/mol. The summed E-state index contributed by atoms with van der Waals surface area (Å²) in [6, 6.07) is 6.07. The van der Waals surface area contributed by atoms with Crippen LogP contribution in [0.15, 0.2) is 24.4 Å². The van der Waals surface area contributed by atoms with Crippen molar-refractivity contribution in [2.24, 2.45) is 5.92 Å². The van der Waals surface area contributed by atoms with Gasteiger partial charge in [0, 0.05) is 45.3 Å². The van der Waals surface area contributed by atoms with Gasteiger partial charge in [0.1, 0.15) is 0 Å². The highest BCUT2D eigenvalue weighted by atomic mass is 16.2. The van der Waals surface area contributed by atoms with Gasteiger partial charge in [0.15, 0.2) is 0 Å². The predicted octanol–water partition coefficient (Wildman–Crippen LogP) is 2.70. The highest BCUT2D eigenvalue weighted by Gasteiger charge is 2.24. The fraction of sp³-hybridized carbons (Fsp3) is 0.667. The molecule has 0 spiro atoms. The van der Waals surface area contributed by atoms with E-state index in [2.05, 4.69) is 20.9 Å². The van der Waals surface area contributed by atoms with Gasteiger partial charge in [-0.2, -0.15) is 0 Å². The molecular formula is C18H27N3O. The number of aromatic nitrogens is 1. The average Bonchev–Trinajstić information content (AvgIpc) is 2.93. The first-order valence-electron chi connectivity index (χ1n) is 8.71. The maximum absolute atomic E-state index is 12.5. The SMILES string of the molecule is O=C(CC1CCCC1)N1CCCN(Cc2ccccn2)CC1. The Kier molecular flexibility index (Phi) is 5.43. The van der Waals surface area contributed by atoms with Gasteiger partial charge in [-0.25, -0.2) is 0 Å². The zero-order valence-electron chi connectivity index (χ0n) is 13.4. The maximum Gasteiger partial charge on any atom is 0.222 e. The van der Waals surface area contributed by atoms with Gasteiger partial charge < -0.3 is 4.90 Å². The Bertz CT molecular complexity index is 470. The van der Waals surface area contributed by atoms with Gasteiger partial charge >= 0.3 is 0 Å².